The van der Waals surface area contributed by atoms with Crippen LogP contribution in [-0.4, -0.2) is 33.9 Å². The van der Waals surface area contributed by atoms with Gasteiger partial charge in [0.2, 0.25) is 11.8 Å². The summed E-state index contributed by atoms with van der Waals surface area (Å²) in [6, 6.07) is 10.2. The molecule has 2 heterocycles. The van der Waals surface area contributed by atoms with E-state index < -0.39 is 0 Å². The van der Waals surface area contributed by atoms with Crippen LogP contribution in [0.25, 0.3) is 10.9 Å². The molecule has 0 bridgehead atoms. The summed E-state index contributed by atoms with van der Waals surface area (Å²) in [7, 11) is 0. The van der Waals surface area contributed by atoms with Gasteiger partial charge in [0.1, 0.15) is 0 Å². The summed E-state index contributed by atoms with van der Waals surface area (Å²) in [5.41, 5.74) is 6.46. The van der Waals surface area contributed by atoms with Gasteiger partial charge in [-0.3, -0.25) is 9.59 Å². The second-order valence-electron chi connectivity index (χ2n) is 6.23. The third-order valence-electron chi connectivity index (χ3n) is 4.63. The Labute approximate surface area is 136 Å². The number of nitrogens with two attached hydrogens (primary N) is 1. The van der Waals surface area contributed by atoms with Gasteiger partial charge in [0.25, 0.3) is 0 Å². The number of piperidine rings is 1. The number of amides is 2. The predicted molar refractivity (Wildman–Crippen MR) is 89.7 cm³/mol. The summed E-state index contributed by atoms with van der Waals surface area (Å²) in [5, 5.41) is 1.18. The summed E-state index contributed by atoms with van der Waals surface area (Å²) in [6.45, 7) is 1.40. The number of aryl methyl sites for hydroxylation is 1. The molecule has 1 fully saturated rings. The summed E-state index contributed by atoms with van der Waals surface area (Å²) < 4.78 is 2.11. The molecule has 0 aliphatic carbocycles. The third-order valence-corrected chi connectivity index (χ3v) is 4.63. The van der Waals surface area contributed by atoms with Gasteiger partial charge in [0.15, 0.2) is 0 Å². The van der Waals surface area contributed by atoms with Gasteiger partial charge in [-0.15, -0.1) is 0 Å². The average Bonchev–Trinajstić information content (AvgIpc) is 2.96. The second kappa shape index (κ2) is 6.86. The molecule has 0 radical (unpaired) electrons. The Balaban J connectivity index is 1.64. The molecule has 1 aliphatic rings. The number of benzene rings is 1. The van der Waals surface area contributed by atoms with Gasteiger partial charge in [-0.25, -0.2) is 0 Å². The van der Waals surface area contributed by atoms with Gasteiger partial charge in [-0.1, -0.05) is 18.2 Å². The number of likely N-dealkylation sites (tertiary alicyclic amines) is 1. The highest BCUT2D eigenvalue weighted by atomic mass is 16.2. The number of rotatable bonds is 5. The van der Waals surface area contributed by atoms with E-state index in [1.54, 1.807) is 0 Å². The van der Waals surface area contributed by atoms with Crippen LogP contribution < -0.4 is 5.73 Å². The predicted octanol–water partition coefficient (Wildman–Crippen LogP) is 2.29. The van der Waals surface area contributed by atoms with Crippen molar-refractivity contribution in [2.24, 2.45) is 5.73 Å². The van der Waals surface area contributed by atoms with E-state index in [9.17, 15) is 9.59 Å². The number of nitrogens with zero attached hydrogens (tertiary/aromatic N) is 2. The number of primary amides is 1. The summed E-state index contributed by atoms with van der Waals surface area (Å²) >= 11 is 0. The molecule has 23 heavy (non-hydrogen) atoms. The molecule has 2 amide bonds. The van der Waals surface area contributed by atoms with E-state index in [0.29, 0.717) is 13.0 Å². The van der Waals surface area contributed by atoms with E-state index in [2.05, 4.69) is 22.8 Å². The zero-order valence-corrected chi connectivity index (χ0v) is 13.3. The molecule has 2 N–H and O–H groups in total. The first kappa shape index (κ1) is 15.6. The fourth-order valence-electron chi connectivity index (χ4n) is 3.47. The molecule has 122 valence electrons. The van der Waals surface area contributed by atoms with Gasteiger partial charge >= 0.3 is 0 Å². The number of hydrogen-bond acceptors (Lipinski definition) is 2. The fraction of sp³-hybridized carbons (Fsp3) is 0.444. The Morgan fingerprint density at radius 3 is 2.83 bits per heavy atom. The lowest BCUT2D eigenvalue weighted by molar-refractivity contribution is -0.136. The summed E-state index contributed by atoms with van der Waals surface area (Å²) in [4.78, 5) is 25.6. The quantitative estimate of drug-likeness (QED) is 0.920. The molecule has 1 aromatic heterocycles. The molecule has 0 unspecified atom stereocenters. The van der Waals surface area contributed by atoms with E-state index in [4.69, 9.17) is 5.73 Å². The molecule has 1 aliphatic heterocycles. The molecule has 1 atom stereocenters. The van der Waals surface area contributed by atoms with Crippen molar-refractivity contribution in [1.29, 1.82) is 0 Å². The lowest BCUT2D eigenvalue weighted by Crippen LogP contribution is -2.45. The van der Waals surface area contributed by atoms with E-state index in [-0.39, 0.29) is 24.3 Å². The van der Waals surface area contributed by atoms with Gasteiger partial charge in [-0.2, -0.15) is 0 Å². The zero-order valence-electron chi connectivity index (χ0n) is 13.3. The molecule has 3 rings (SSSR count). The fourth-order valence-corrected chi connectivity index (χ4v) is 3.47. The molecule has 1 aromatic carbocycles. The number of fused-ring (bicyclic) bond motifs is 1. The molecule has 5 nitrogen and oxygen atoms in total. The molecule has 5 heteroatoms. The lowest BCUT2D eigenvalue weighted by Gasteiger charge is -2.35. The van der Waals surface area contributed by atoms with Crippen molar-refractivity contribution >= 4 is 22.7 Å². The van der Waals surface area contributed by atoms with Crippen molar-refractivity contribution in [3.8, 4) is 0 Å². The first-order valence-corrected chi connectivity index (χ1v) is 8.27. The maximum absolute atomic E-state index is 12.6. The van der Waals surface area contributed by atoms with Gasteiger partial charge in [-0.05, 0) is 36.8 Å². The maximum Gasteiger partial charge on any atom is 0.224 e. The number of hydrogen-bond donors (Lipinski definition) is 1. The first-order valence-electron chi connectivity index (χ1n) is 8.27. The average molecular weight is 313 g/mol. The van der Waals surface area contributed by atoms with Crippen LogP contribution in [0, 0.1) is 0 Å². The minimum absolute atomic E-state index is 0.0184. The minimum atomic E-state index is -0.328. The smallest absolute Gasteiger partial charge is 0.224 e. The topological polar surface area (TPSA) is 68.3 Å². The van der Waals surface area contributed by atoms with Gasteiger partial charge in [0, 0.05) is 43.7 Å². The number of carbonyl (C=O) groups is 2. The maximum atomic E-state index is 12.6. The zero-order chi connectivity index (χ0) is 16.2. The Kier molecular flexibility index (Phi) is 4.65. The highest BCUT2D eigenvalue weighted by Gasteiger charge is 2.27. The number of para-hydroxylation sites is 1. The lowest BCUT2D eigenvalue weighted by atomic mass is 9.98. The van der Waals surface area contributed by atoms with Crippen LogP contribution in [0.3, 0.4) is 0 Å². The molecule has 2 aromatic rings. The monoisotopic (exact) mass is 313 g/mol. The van der Waals surface area contributed by atoms with Crippen LogP contribution in [0.4, 0.5) is 0 Å². The normalized spacial score (nSPS) is 18.3. The largest absolute Gasteiger partial charge is 0.370 e. The van der Waals surface area contributed by atoms with Crippen molar-refractivity contribution in [3.63, 3.8) is 0 Å². The second-order valence-corrected chi connectivity index (χ2v) is 6.23. The van der Waals surface area contributed by atoms with Crippen molar-refractivity contribution in [2.45, 2.75) is 44.7 Å². The van der Waals surface area contributed by atoms with E-state index in [1.165, 1.54) is 5.39 Å². The molecular formula is C18H23N3O2. The van der Waals surface area contributed by atoms with E-state index >= 15 is 0 Å². The number of carbonyl (C=O) groups excluding carboxylic acids is 2. The third kappa shape index (κ3) is 3.55. The van der Waals surface area contributed by atoms with Gasteiger partial charge < -0.3 is 15.2 Å². The van der Waals surface area contributed by atoms with Crippen molar-refractivity contribution in [1.82, 2.24) is 9.47 Å². The van der Waals surface area contributed by atoms with Crippen LogP contribution >= 0.6 is 0 Å². The highest BCUT2D eigenvalue weighted by Crippen LogP contribution is 2.21. The Bertz CT molecular complexity index is 707. The molecule has 1 saturated heterocycles. The first-order chi connectivity index (χ1) is 11.1. The van der Waals surface area contributed by atoms with Crippen molar-refractivity contribution < 1.29 is 9.59 Å². The van der Waals surface area contributed by atoms with Crippen LogP contribution in [0.2, 0.25) is 0 Å². The Morgan fingerprint density at radius 2 is 2.00 bits per heavy atom. The van der Waals surface area contributed by atoms with Crippen LogP contribution in [0.15, 0.2) is 36.5 Å². The molecule has 0 saturated carbocycles. The van der Waals surface area contributed by atoms with E-state index in [1.807, 2.05) is 23.2 Å². The SMILES string of the molecule is NC(=O)C[C@H]1CCCCN1C(=O)CCn1ccc2ccccc21. The minimum Gasteiger partial charge on any atom is -0.370 e. The molecule has 0 spiro atoms. The number of aromatic nitrogens is 1. The summed E-state index contributed by atoms with van der Waals surface area (Å²) in [5.74, 6) is -0.208. The van der Waals surface area contributed by atoms with Crippen molar-refractivity contribution in [2.75, 3.05) is 6.54 Å². The van der Waals surface area contributed by atoms with E-state index in [0.717, 1.165) is 31.3 Å². The Morgan fingerprint density at radius 1 is 1.17 bits per heavy atom. The summed E-state index contributed by atoms with van der Waals surface area (Å²) in [6.07, 6.45) is 5.69. The van der Waals surface area contributed by atoms with Crippen molar-refractivity contribution in [3.05, 3.63) is 36.5 Å². The van der Waals surface area contributed by atoms with Crippen LogP contribution in [0.1, 0.15) is 32.1 Å². The van der Waals surface area contributed by atoms with Crippen LogP contribution in [-0.2, 0) is 16.1 Å². The highest BCUT2D eigenvalue weighted by molar-refractivity contribution is 5.81. The Hall–Kier alpha value is -2.30. The van der Waals surface area contributed by atoms with Gasteiger partial charge in [0.05, 0.1) is 0 Å². The van der Waals surface area contributed by atoms with Crippen LogP contribution in [0.5, 0.6) is 0 Å². The molecular weight excluding hydrogens is 290 g/mol. The standard InChI is InChI=1S/C18H23N3O2/c19-17(22)13-15-6-3-4-10-21(15)18(23)9-12-20-11-8-14-5-1-2-7-16(14)20/h1-2,5,7-8,11,15H,3-4,6,9-10,12-13H2,(H2,19,22)/t15-/m1/s1.